The normalized spacial score (nSPS) is 16.5. The van der Waals surface area contributed by atoms with Crippen LogP contribution in [0.15, 0.2) is 23.0 Å². The van der Waals surface area contributed by atoms with E-state index in [1.807, 2.05) is 38.1 Å². The smallest absolute Gasteiger partial charge is 0.198 e. The zero-order valence-corrected chi connectivity index (χ0v) is 14.5. The van der Waals surface area contributed by atoms with Crippen molar-refractivity contribution in [2.45, 2.75) is 39.2 Å². The van der Waals surface area contributed by atoms with Gasteiger partial charge in [0.25, 0.3) is 0 Å². The van der Waals surface area contributed by atoms with Gasteiger partial charge < -0.3 is 14.8 Å². The molecule has 4 nitrogen and oxygen atoms in total. The number of aromatic amines is 1. The minimum absolute atomic E-state index is 0.205. The second-order valence-electron chi connectivity index (χ2n) is 7.02. The SMILES string of the molecule is Cc1[nH]c2ccc(N(C)C)cc2c(=O)c1C[NH+]1CCCCCC1. The van der Waals surface area contributed by atoms with Crippen molar-refractivity contribution in [2.24, 2.45) is 0 Å². The zero-order valence-electron chi connectivity index (χ0n) is 14.5. The Hall–Kier alpha value is -1.81. The fourth-order valence-corrected chi connectivity index (χ4v) is 3.59. The minimum atomic E-state index is 0.205. The number of hydrogen-bond acceptors (Lipinski definition) is 2. The molecule has 0 amide bonds. The van der Waals surface area contributed by atoms with Crippen LogP contribution in [0, 0.1) is 6.92 Å². The van der Waals surface area contributed by atoms with Gasteiger partial charge in [0.15, 0.2) is 5.43 Å². The van der Waals surface area contributed by atoms with Crippen molar-refractivity contribution in [1.82, 2.24) is 4.98 Å². The lowest BCUT2D eigenvalue weighted by molar-refractivity contribution is -0.913. The predicted molar refractivity (Wildman–Crippen MR) is 96.5 cm³/mol. The maximum Gasteiger partial charge on any atom is 0.198 e. The quantitative estimate of drug-likeness (QED) is 0.908. The monoisotopic (exact) mass is 314 g/mol. The molecule has 0 unspecified atom stereocenters. The molecule has 0 atom stereocenters. The minimum Gasteiger partial charge on any atom is -0.378 e. The number of benzene rings is 1. The summed E-state index contributed by atoms with van der Waals surface area (Å²) >= 11 is 0. The Bertz CT molecular complexity index is 740. The van der Waals surface area contributed by atoms with E-state index in [1.165, 1.54) is 38.8 Å². The molecule has 0 saturated carbocycles. The number of rotatable bonds is 3. The van der Waals surface area contributed by atoms with E-state index in [0.717, 1.165) is 34.4 Å². The molecule has 4 heteroatoms. The molecule has 23 heavy (non-hydrogen) atoms. The number of fused-ring (bicyclic) bond motifs is 1. The van der Waals surface area contributed by atoms with Crippen molar-refractivity contribution in [1.29, 1.82) is 0 Å². The van der Waals surface area contributed by atoms with E-state index in [4.69, 9.17) is 0 Å². The highest BCUT2D eigenvalue weighted by Crippen LogP contribution is 2.18. The summed E-state index contributed by atoms with van der Waals surface area (Å²) in [6.45, 7) is 5.26. The number of aryl methyl sites for hydroxylation is 1. The van der Waals surface area contributed by atoms with E-state index in [-0.39, 0.29) is 5.43 Å². The van der Waals surface area contributed by atoms with Crippen LogP contribution in [-0.4, -0.2) is 32.2 Å². The molecule has 2 heterocycles. The van der Waals surface area contributed by atoms with Crippen LogP contribution in [0.25, 0.3) is 10.9 Å². The van der Waals surface area contributed by atoms with Crippen molar-refractivity contribution in [3.05, 3.63) is 39.7 Å². The molecular formula is C19H28N3O+. The lowest BCUT2D eigenvalue weighted by Crippen LogP contribution is -3.10. The number of hydrogen-bond donors (Lipinski definition) is 2. The molecule has 2 aromatic rings. The van der Waals surface area contributed by atoms with Crippen molar-refractivity contribution in [3.63, 3.8) is 0 Å². The summed E-state index contributed by atoms with van der Waals surface area (Å²) in [5, 5.41) is 0.811. The number of anilines is 1. The number of quaternary nitrogens is 1. The summed E-state index contributed by atoms with van der Waals surface area (Å²) in [4.78, 5) is 20.1. The van der Waals surface area contributed by atoms with Gasteiger partial charge in [-0.25, -0.2) is 0 Å². The highest BCUT2D eigenvalue weighted by molar-refractivity contribution is 5.83. The van der Waals surface area contributed by atoms with Crippen LogP contribution in [0.5, 0.6) is 0 Å². The van der Waals surface area contributed by atoms with Gasteiger partial charge in [0, 0.05) is 36.4 Å². The summed E-state index contributed by atoms with van der Waals surface area (Å²) < 4.78 is 0. The molecule has 0 aliphatic carbocycles. The highest BCUT2D eigenvalue weighted by atomic mass is 16.1. The first-order valence-corrected chi connectivity index (χ1v) is 8.72. The fraction of sp³-hybridized carbons (Fsp3) is 0.526. The van der Waals surface area contributed by atoms with Crippen molar-refractivity contribution < 1.29 is 4.90 Å². The molecular weight excluding hydrogens is 286 g/mol. The summed E-state index contributed by atoms with van der Waals surface area (Å²) in [6.07, 6.45) is 5.24. The number of H-pyrrole nitrogens is 1. The number of nitrogens with one attached hydrogen (secondary N) is 2. The first-order chi connectivity index (χ1) is 11.1. The molecule has 0 radical (unpaired) electrons. The lowest BCUT2D eigenvalue weighted by Gasteiger charge is -2.19. The summed E-state index contributed by atoms with van der Waals surface area (Å²) in [5.41, 5.74) is 4.20. The summed E-state index contributed by atoms with van der Waals surface area (Å²) in [5.74, 6) is 0. The van der Waals surface area contributed by atoms with Crippen LogP contribution in [0.3, 0.4) is 0 Å². The average Bonchev–Trinajstić information content (AvgIpc) is 2.79. The number of nitrogens with zero attached hydrogens (tertiary/aromatic N) is 1. The van der Waals surface area contributed by atoms with Crippen LogP contribution in [0.4, 0.5) is 5.69 Å². The molecule has 0 spiro atoms. The second kappa shape index (κ2) is 6.75. The van der Waals surface area contributed by atoms with E-state index >= 15 is 0 Å². The first kappa shape index (κ1) is 16.1. The molecule has 1 fully saturated rings. The van der Waals surface area contributed by atoms with E-state index in [9.17, 15) is 4.79 Å². The van der Waals surface area contributed by atoms with Gasteiger partial charge in [-0.2, -0.15) is 0 Å². The summed E-state index contributed by atoms with van der Waals surface area (Å²) in [7, 11) is 4.01. The Morgan fingerprint density at radius 2 is 1.83 bits per heavy atom. The Balaban J connectivity index is 2.00. The molecule has 124 valence electrons. The van der Waals surface area contributed by atoms with Gasteiger partial charge in [-0.1, -0.05) is 0 Å². The molecule has 1 aromatic carbocycles. The van der Waals surface area contributed by atoms with E-state index in [2.05, 4.69) is 11.1 Å². The average molecular weight is 314 g/mol. The lowest BCUT2D eigenvalue weighted by atomic mass is 10.1. The van der Waals surface area contributed by atoms with Crippen molar-refractivity contribution in [2.75, 3.05) is 32.1 Å². The van der Waals surface area contributed by atoms with Gasteiger partial charge in [-0.15, -0.1) is 0 Å². The largest absolute Gasteiger partial charge is 0.378 e. The molecule has 2 N–H and O–H groups in total. The van der Waals surface area contributed by atoms with Gasteiger partial charge in [0.1, 0.15) is 6.54 Å². The number of likely N-dealkylation sites (tertiary alicyclic amines) is 1. The third-order valence-corrected chi connectivity index (χ3v) is 5.05. The molecule has 3 rings (SSSR count). The Morgan fingerprint density at radius 1 is 1.13 bits per heavy atom. The van der Waals surface area contributed by atoms with Gasteiger partial charge in [0.05, 0.1) is 18.7 Å². The van der Waals surface area contributed by atoms with Crippen LogP contribution in [-0.2, 0) is 6.54 Å². The van der Waals surface area contributed by atoms with Crippen LogP contribution < -0.4 is 15.2 Å². The maximum absolute atomic E-state index is 13.0. The predicted octanol–water partition coefficient (Wildman–Crippen LogP) is 1.86. The molecule has 0 bridgehead atoms. The molecule has 1 aliphatic heterocycles. The van der Waals surface area contributed by atoms with Crippen molar-refractivity contribution >= 4 is 16.6 Å². The molecule has 1 saturated heterocycles. The van der Waals surface area contributed by atoms with Gasteiger partial charge in [0.2, 0.25) is 0 Å². The van der Waals surface area contributed by atoms with E-state index < -0.39 is 0 Å². The van der Waals surface area contributed by atoms with Crippen LogP contribution in [0.2, 0.25) is 0 Å². The van der Waals surface area contributed by atoms with Crippen LogP contribution in [0.1, 0.15) is 36.9 Å². The maximum atomic E-state index is 13.0. The third kappa shape index (κ3) is 3.42. The van der Waals surface area contributed by atoms with Gasteiger partial charge >= 0.3 is 0 Å². The third-order valence-electron chi connectivity index (χ3n) is 5.05. The standard InChI is InChI=1S/C19H27N3O/c1-14-17(13-22-10-6-4-5-7-11-22)19(23)16-12-15(21(2)3)8-9-18(16)20-14/h8-9,12H,4-7,10-11,13H2,1-3H3,(H,20,23)/p+1. The van der Waals surface area contributed by atoms with Crippen LogP contribution >= 0.6 is 0 Å². The molecule has 1 aromatic heterocycles. The van der Waals surface area contributed by atoms with Gasteiger partial charge in [-0.3, -0.25) is 4.79 Å². The fourth-order valence-electron chi connectivity index (χ4n) is 3.59. The Labute approximate surface area is 138 Å². The summed E-state index contributed by atoms with van der Waals surface area (Å²) in [6, 6.07) is 6.08. The number of pyridine rings is 1. The second-order valence-corrected chi connectivity index (χ2v) is 7.02. The van der Waals surface area contributed by atoms with Crippen molar-refractivity contribution in [3.8, 4) is 0 Å². The Morgan fingerprint density at radius 3 is 2.48 bits per heavy atom. The molecule has 1 aliphatic rings. The topological polar surface area (TPSA) is 40.5 Å². The van der Waals surface area contributed by atoms with E-state index in [1.54, 1.807) is 4.90 Å². The first-order valence-electron chi connectivity index (χ1n) is 8.72. The Kier molecular flexibility index (Phi) is 4.71. The van der Waals surface area contributed by atoms with Gasteiger partial charge in [-0.05, 0) is 50.8 Å². The van der Waals surface area contributed by atoms with E-state index in [0.29, 0.717) is 0 Å². The highest BCUT2D eigenvalue weighted by Gasteiger charge is 2.18. The zero-order chi connectivity index (χ0) is 16.4. The number of aromatic nitrogens is 1.